The molecule has 0 bridgehead atoms. The summed E-state index contributed by atoms with van der Waals surface area (Å²) in [7, 11) is 0. The van der Waals surface area contributed by atoms with Crippen LogP contribution in [0.2, 0.25) is 0 Å². The summed E-state index contributed by atoms with van der Waals surface area (Å²) in [6.45, 7) is 0.848. The summed E-state index contributed by atoms with van der Waals surface area (Å²) in [4.78, 5) is 11.3. The first-order valence-corrected chi connectivity index (χ1v) is 6.77. The van der Waals surface area contributed by atoms with Crippen molar-refractivity contribution in [3.63, 3.8) is 0 Å². The lowest BCUT2D eigenvalue weighted by atomic mass is 9.85. The van der Waals surface area contributed by atoms with Crippen LogP contribution in [-0.4, -0.2) is 27.4 Å². The van der Waals surface area contributed by atoms with Crippen molar-refractivity contribution in [1.29, 1.82) is 0 Å². The lowest BCUT2D eigenvalue weighted by Crippen LogP contribution is -2.15. The minimum absolute atomic E-state index is 0.144. The van der Waals surface area contributed by atoms with Crippen molar-refractivity contribution in [2.24, 2.45) is 0 Å². The third-order valence-electron chi connectivity index (χ3n) is 3.79. The fraction of sp³-hybridized carbons (Fsp3) is 0.643. The molecule has 0 aromatic carbocycles. The van der Waals surface area contributed by atoms with Crippen LogP contribution in [0.15, 0.2) is 12.3 Å². The highest BCUT2D eigenvalue weighted by Gasteiger charge is 2.24. The van der Waals surface area contributed by atoms with E-state index in [-0.39, 0.29) is 6.61 Å². The molecule has 18 heavy (non-hydrogen) atoms. The monoisotopic (exact) mass is 251 g/mol. The smallest absolute Gasteiger partial charge is 0.337 e. The molecule has 1 aromatic heterocycles. The lowest BCUT2D eigenvalue weighted by molar-refractivity contribution is 0.0694. The molecule has 0 saturated heterocycles. The average molecular weight is 251 g/mol. The fourth-order valence-electron chi connectivity index (χ4n) is 2.93. The van der Waals surface area contributed by atoms with Crippen molar-refractivity contribution in [2.45, 2.75) is 51.0 Å². The zero-order valence-electron chi connectivity index (χ0n) is 10.6. The normalized spacial score (nSPS) is 16.9. The first kappa shape index (κ1) is 13.1. The molecule has 1 aliphatic carbocycles. The van der Waals surface area contributed by atoms with E-state index in [1.165, 1.54) is 19.3 Å². The van der Waals surface area contributed by atoms with Crippen LogP contribution in [0.25, 0.3) is 0 Å². The minimum Gasteiger partial charge on any atom is -0.478 e. The number of hydrogen-bond acceptors (Lipinski definition) is 2. The molecule has 4 nitrogen and oxygen atoms in total. The summed E-state index contributed by atoms with van der Waals surface area (Å²) in [5.41, 5.74) is 1.41. The molecule has 100 valence electrons. The Hall–Kier alpha value is -1.29. The SMILES string of the molecule is O=C(O)c1ccn(CCCO)c1C1CCCCC1. The maximum absolute atomic E-state index is 11.3. The van der Waals surface area contributed by atoms with Gasteiger partial charge in [0, 0.05) is 31.0 Å². The number of carboxylic acids is 1. The van der Waals surface area contributed by atoms with Crippen LogP contribution < -0.4 is 0 Å². The van der Waals surface area contributed by atoms with Crippen LogP contribution in [0.5, 0.6) is 0 Å². The van der Waals surface area contributed by atoms with E-state index in [1.807, 2.05) is 10.8 Å². The van der Waals surface area contributed by atoms with Gasteiger partial charge in [-0.1, -0.05) is 19.3 Å². The zero-order valence-corrected chi connectivity index (χ0v) is 10.6. The van der Waals surface area contributed by atoms with Gasteiger partial charge in [0.1, 0.15) is 0 Å². The van der Waals surface area contributed by atoms with Gasteiger partial charge in [-0.25, -0.2) is 4.79 Å². The fourth-order valence-corrected chi connectivity index (χ4v) is 2.93. The highest BCUT2D eigenvalue weighted by Crippen LogP contribution is 2.35. The highest BCUT2D eigenvalue weighted by molar-refractivity contribution is 5.89. The van der Waals surface area contributed by atoms with Gasteiger partial charge in [0.05, 0.1) is 5.56 Å². The molecule has 1 fully saturated rings. The van der Waals surface area contributed by atoms with Gasteiger partial charge in [-0.05, 0) is 25.3 Å². The number of aliphatic hydroxyl groups excluding tert-OH is 1. The van der Waals surface area contributed by atoms with Gasteiger partial charge in [0.15, 0.2) is 0 Å². The predicted octanol–water partition coefficient (Wildman–Crippen LogP) is 2.62. The molecule has 0 radical (unpaired) electrons. The van der Waals surface area contributed by atoms with Crippen LogP contribution in [0.3, 0.4) is 0 Å². The van der Waals surface area contributed by atoms with E-state index in [9.17, 15) is 9.90 Å². The summed E-state index contributed by atoms with van der Waals surface area (Å²) >= 11 is 0. The molecule has 2 N–H and O–H groups in total. The van der Waals surface area contributed by atoms with Crippen LogP contribution >= 0.6 is 0 Å². The Morgan fingerprint density at radius 1 is 1.33 bits per heavy atom. The van der Waals surface area contributed by atoms with Crippen molar-refractivity contribution < 1.29 is 15.0 Å². The summed E-state index contributed by atoms with van der Waals surface area (Å²) in [6, 6.07) is 1.70. The van der Waals surface area contributed by atoms with Gasteiger partial charge in [0.25, 0.3) is 0 Å². The summed E-state index contributed by atoms with van der Waals surface area (Å²) in [6.07, 6.45) is 8.34. The van der Waals surface area contributed by atoms with Gasteiger partial charge in [-0.2, -0.15) is 0 Å². The van der Waals surface area contributed by atoms with E-state index < -0.39 is 5.97 Å². The van der Waals surface area contributed by atoms with Gasteiger partial charge in [-0.3, -0.25) is 0 Å². The van der Waals surface area contributed by atoms with Gasteiger partial charge < -0.3 is 14.8 Å². The molecule has 1 heterocycles. The van der Waals surface area contributed by atoms with Crippen molar-refractivity contribution in [3.8, 4) is 0 Å². The van der Waals surface area contributed by atoms with Gasteiger partial charge in [0.2, 0.25) is 0 Å². The van der Waals surface area contributed by atoms with Crippen molar-refractivity contribution in [2.75, 3.05) is 6.61 Å². The summed E-state index contributed by atoms with van der Waals surface area (Å²) in [5, 5.41) is 18.2. The molecule has 0 aliphatic heterocycles. The Bertz CT molecular complexity index is 405. The molecule has 1 aliphatic rings. The van der Waals surface area contributed by atoms with Crippen LogP contribution in [-0.2, 0) is 6.54 Å². The van der Waals surface area contributed by atoms with Crippen LogP contribution in [0.1, 0.15) is 60.5 Å². The quantitative estimate of drug-likeness (QED) is 0.845. The van der Waals surface area contributed by atoms with Crippen molar-refractivity contribution >= 4 is 5.97 Å². The highest BCUT2D eigenvalue weighted by atomic mass is 16.4. The molecular formula is C14H21NO3. The zero-order chi connectivity index (χ0) is 13.0. The maximum Gasteiger partial charge on any atom is 0.337 e. The number of carbonyl (C=O) groups is 1. The molecule has 0 amide bonds. The molecule has 0 unspecified atom stereocenters. The average Bonchev–Trinajstić information content (AvgIpc) is 2.81. The largest absolute Gasteiger partial charge is 0.478 e. The first-order valence-electron chi connectivity index (χ1n) is 6.77. The van der Waals surface area contributed by atoms with E-state index in [1.54, 1.807) is 6.07 Å². The van der Waals surface area contributed by atoms with Crippen molar-refractivity contribution in [3.05, 3.63) is 23.5 Å². The topological polar surface area (TPSA) is 62.5 Å². The van der Waals surface area contributed by atoms with E-state index >= 15 is 0 Å². The molecule has 1 aromatic rings. The second-order valence-electron chi connectivity index (χ2n) is 5.03. The Morgan fingerprint density at radius 2 is 2.06 bits per heavy atom. The molecule has 0 spiro atoms. The number of carboxylic acid groups (broad SMARTS) is 1. The number of aryl methyl sites for hydroxylation is 1. The van der Waals surface area contributed by atoms with Gasteiger partial charge in [-0.15, -0.1) is 0 Å². The lowest BCUT2D eigenvalue weighted by Gasteiger charge is -2.24. The standard InChI is InChI=1S/C14H21NO3/c16-10-4-8-15-9-7-12(14(17)18)13(15)11-5-2-1-3-6-11/h7,9,11,16H,1-6,8,10H2,(H,17,18). The van der Waals surface area contributed by atoms with Crippen LogP contribution in [0.4, 0.5) is 0 Å². The molecule has 0 atom stereocenters. The summed E-state index contributed by atoms with van der Waals surface area (Å²) < 4.78 is 2.02. The first-order chi connectivity index (χ1) is 8.74. The molecule has 1 saturated carbocycles. The van der Waals surface area contributed by atoms with Gasteiger partial charge >= 0.3 is 5.97 Å². The Balaban J connectivity index is 2.26. The molecule has 4 heteroatoms. The number of nitrogens with zero attached hydrogens (tertiary/aromatic N) is 1. The Morgan fingerprint density at radius 3 is 2.67 bits per heavy atom. The number of hydrogen-bond donors (Lipinski definition) is 2. The number of aromatic nitrogens is 1. The number of aliphatic hydroxyl groups is 1. The Kier molecular flexibility index (Phi) is 4.42. The third kappa shape index (κ3) is 2.75. The minimum atomic E-state index is -0.835. The van der Waals surface area contributed by atoms with E-state index in [2.05, 4.69) is 0 Å². The van der Waals surface area contributed by atoms with E-state index in [0.29, 0.717) is 24.4 Å². The predicted molar refractivity (Wildman–Crippen MR) is 68.9 cm³/mol. The third-order valence-corrected chi connectivity index (χ3v) is 3.79. The van der Waals surface area contributed by atoms with E-state index in [4.69, 9.17) is 5.11 Å². The van der Waals surface area contributed by atoms with Crippen LogP contribution in [0, 0.1) is 0 Å². The molecule has 2 rings (SSSR count). The number of rotatable bonds is 5. The number of aromatic carboxylic acids is 1. The maximum atomic E-state index is 11.3. The Labute approximate surface area is 107 Å². The van der Waals surface area contributed by atoms with E-state index in [0.717, 1.165) is 18.5 Å². The summed E-state index contributed by atoms with van der Waals surface area (Å²) in [5.74, 6) is -0.461. The molecular weight excluding hydrogens is 230 g/mol. The van der Waals surface area contributed by atoms with Crippen molar-refractivity contribution in [1.82, 2.24) is 4.57 Å². The second-order valence-corrected chi connectivity index (χ2v) is 5.03. The second kappa shape index (κ2) is 6.05.